The number of aromatic nitrogens is 2. The lowest BCUT2D eigenvalue weighted by molar-refractivity contribution is -0.384. The molecule has 4 aromatic rings. The van der Waals surface area contributed by atoms with Gasteiger partial charge in [0.2, 0.25) is 5.91 Å². The molecule has 0 aliphatic carbocycles. The number of nitrogens with one attached hydrogen (secondary N) is 2. The number of nitrogens with zero attached hydrogens (tertiary/aromatic N) is 4. The second kappa shape index (κ2) is 10.8. The molecule has 1 amide bonds. The Morgan fingerprint density at radius 1 is 1.12 bits per heavy atom. The first kappa shape index (κ1) is 26.8. The summed E-state index contributed by atoms with van der Waals surface area (Å²) in [7, 11) is 1.48. The summed E-state index contributed by atoms with van der Waals surface area (Å²) < 4.78 is 7.13. The molecule has 2 atom stereocenters. The number of benzene rings is 2. The van der Waals surface area contributed by atoms with Crippen LogP contribution >= 0.6 is 12.2 Å². The number of rotatable bonds is 7. The minimum atomic E-state index is -0.401. The van der Waals surface area contributed by atoms with Crippen molar-refractivity contribution in [3.8, 4) is 11.4 Å². The van der Waals surface area contributed by atoms with Crippen LogP contribution < -0.4 is 20.3 Å². The van der Waals surface area contributed by atoms with E-state index in [0.717, 1.165) is 28.3 Å². The minimum absolute atomic E-state index is 0.0561. The molecule has 2 aromatic heterocycles. The van der Waals surface area contributed by atoms with Gasteiger partial charge in [-0.3, -0.25) is 19.9 Å². The van der Waals surface area contributed by atoms with Crippen LogP contribution in [0.25, 0.3) is 5.69 Å². The molecule has 0 spiro atoms. The van der Waals surface area contributed by atoms with Crippen LogP contribution in [-0.4, -0.2) is 32.6 Å². The maximum atomic E-state index is 12.0. The average Bonchev–Trinajstić information content (AvgIpc) is 3.43. The molecule has 1 aliphatic rings. The normalized spacial score (nSPS) is 16.5. The van der Waals surface area contributed by atoms with Crippen LogP contribution in [0.2, 0.25) is 0 Å². The number of pyridine rings is 1. The van der Waals surface area contributed by atoms with Crippen molar-refractivity contribution in [2.45, 2.75) is 32.9 Å². The number of nitro groups is 1. The van der Waals surface area contributed by atoms with Gasteiger partial charge in [0.05, 0.1) is 35.9 Å². The average molecular weight is 557 g/mol. The van der Waals surface area contributed by atoms with Crippen molar-refractivity contribution in [3.63, 3.8) is 0 Å². The van der Waals surface area contributed by atoms with Gasteiger partial charge in [-0.2, -0.15) is 0 Å². The maximum Gasteiger partial charge on any atom is 0.296 e. The molecular formula is C29H28N6O4S. The SMILES string of the molecule is COc1ccc(-n2c(C)cc(C3C(c4ccccn4)NC(=S)N3c3ccc(NC(C)=O)cc3)c2C)c([N+](=O)[O-])c1. The molecule has 0 radical (unpaired) electrons. The van der Waals surface area contributed by atoms with Gasteiger partial charge in [-0.15, -0.1) is 0 Å². The second-order valence-corrected chi connectivity index (χ2v) is 9.88. The van der Waals surface area contributed by atoms with Crippen molar-refractivity contribution >= 4 is 40.3 Å². The van der Waals surface area contributed by atoms with Crippen molar-refractivity contribution in [3.05, 3.63) is 106 Å². The summed E-state index contributed by atoms with van der Waals surface area (Å²) in [5.74, 6) is 0.256. The highest BCUT2D eigenvalue weighted by Gasteiger charge is 2.42. The van der Waals surface area contributed by atoms with Crippen molar-refractivity contribution in [1.82, 2.24) is 14.9 Å². The van der Waals surface area contributed by atoms with Crippen LogP contribution in [0.4, 0.5) is 17.1 Å². The predicted octanol–water partition coefficient (Wildman–Crippen LogP) is 5.54. The minimum Gasteiger partial charge on any atom is -0.496 e. The number of thiocarbonyl (C=S) groups is 1. The van der Waals surface area contributed by atoms with Gasteiger partial charge in [-0.05, 0) is 86.2 Å². The van der Waals surface area contributed by atoms with Crippen LogP contribution in [-0.2, 0) is 4.79 Å². The number of hydrogen-bond donors (Lipinski definition) is 2. The number of ether oxygens (including phenoxy) is 1. The van der Waals surface area contributed by atoms with Crippen molar-refractivity contribution < 1.29 is 14.5 Å². The number of amides is 1. The molecule has 10 nitrogen and oxygen atoms in total. The first-order valence-corrected chi connectivity index (χ1v) is 13.0. The van der Waals surface area contributed by atoms with E-state index in [1.807, 2.05) is 71.8 Å². The zero-order valence-electron chi connectivity index (χ0n) is 22.4. The second-order valence-electron chi connectivity index (χ2n) is 9.50. The first-order chi connectivity index (χ1) is 19.2. The number of methoxy groups -OCH3 is 1. The van der Waals surface area contributed by atoms with E-state index in [-0.39, 0.29) is 23.7 Å². The van der Waals surface area contributed by atoms with Gasteiger partial charge in [0.25, 0.3) is 5.69 Å². The van der Waals surface area contributed by atoms with Crippen molar-refractivity contribution in [2.75, 3.05) is 17.3 Å². The lowest BCUT2D eigenvalue weighted by atomic mass is 9.96. The zero-order valence-corrected chi connectivity index (χ0v) is 23.2. The molecule has 2 unspecified atom stereocenters. The van der Waals surface area contributed by atoms with Crippen molar-refractivity contribution in [1.29, 1.82) is 0 Å². The Morgan fingerprint density at radius 2 is 1.88 bits per heavy atom. The summed E-state index contributed by atoms with van der Waals surface area (Å²) in [4.78, 5) is 29.8. The van der Waals surface area contributed by atoms with Crippen LogP contribution in [0.15, 0.2) is 72.9 Å². The molecule has 2 N–H and O–H groups in total. The fourth-order valence-electron chi connectivity index (χ4n) is 5.28. The quantitative estimate of drug-likeness (QED) is 0.173. The third-order valence-corrected chi connectivity index (χ3v) is 7.29. The summed E-state index contributed by atoms with van der Waals surface area (Å²) in [5, 5.41) is 18.8. The van der Waals surface area contributed by atoms with E-state index in [4.69, 9.17) is 17.0 Å². The number of hydrogen-bond acceptors (Lipinski definition) is 6. The van der Waals surface area contributed by atoms with E-state index >= 15 is 0 Å². The third kappa shape index (κ3) is 4.87. The topological polar surface area (TPSA) is 115 Å². The van der Waals surface area contributed by atoms with Crippen LogP contribution in [0.3, 0.4) is 0 Å². The van der Waals surface area contributed by atoms with Gasteiger partial charge in [0, 0.05) is 35.9 Å². The Balaban J connectivity index is 1.66. The smallest absolute Gasteiger partial charge is 0.296 e. The molecule has 1 saturated heterocycles. The molecule has 0 bridgehead atoms. The standard InChI is InChI=1S/C29H28N6O4S/c1-17-15-23(18(2)33(17)25-13-12-22(39-4)16-26(25)35(37)38)28-27(24-7-5-6-14-30-24)32-29(40)34(28)21-10-8-20(9-11-21)31-19(3)36/h5-16,27-28H,1-4H3,(H,31,36)(H,32,40). The van der Waals surface area contributed by atoms with Gasteiger partial charge < -0.3 is 24.8 Å². The van der Waals surface area contributed by atoms with E-state index in [0.29, 0.717) is 22.2 Å². The molecule has 3 heterocycles. The molecule has 2 aromatic carbocycles. The number of aryl methyl sites for hydroxylation is 1. The monoisotopic (exact) mass is 556 g/mol. The number of nitro benzene ring substituents is 1. The summed E-state index contributed by atoms with van der Waals surface area (Å²) in [6.45, 7) is 5.34. The lowest BCUT2D eigenvalue weighted by Gasteiger charge is -2.28. The van der Waals surface area contributed by atoms with Crippen molar-refractivity contribution in [2.24, 2.45) is 0 Å². The Kier molecular flexibility index (Phi) is 7.22. The fourth-order valence-corrected chi connectivity index (χ4v) is 5.63. The first-order valence-electron chi connectivity index (χ1n) is 12.6. The van der Waals surface area contributed by atoms with Crippen LogP contribution in [0, 0.1) is 24.0 Å². The summed E-state index contributed by atoms with van der Waals surface area (Å²) >= 11 is 5.85. The van der Waals surface area contributed by atoms with E-state index in [2.05, 4.69) is 15.6 Å². The number of carbonyl (C=O) groups excluding carboxylic acids is 1. The Hall–Kier alpha value is -4.77. The molecule has 5 rings (SSSR count). The van der Waals surface area contributed by atoms with Gasteiger partial charge >= 0.3 is 0 Å². The highest BCUT2D eigenvalue weighted by atomic mass is 32.1. The van der Waals surface area contributed by atoms with E-state index in [9.17, 15) is 14.9 Å². The molecule has 11 heteroatoms. The fraction of sp³-hybridized carbons (Fsp3) is 0.207. The van der Waals surface area contributed by atoms with Gasteiger partial charge in [-0.25, -0.2) is 0 Å². The maximum absolute atomic E-state index is 12.0. The summed E-state index contributed by atoms with van der Waals surface area (Å²) in [6, 6.07) is 19.5. The third-order valence-electron chi connectivity index (χ3n) is 6.97. The molecule has 1 fully saturated rings. The Morgan fingerprint density at radius 3 is 2.50 bits per heavy atom. The Bertz CT molecular complexity index is 1600. The van der Waals surface area contributed by atoms with E-state index in [1.165, 1.54) is 20.1 Å². The van der Waals surface area contributed by atoms with Crippen LogP contribution in [0.1, 0.15) is 41.7 Å². The summed E-state index contributed by atoms with van der Waals surface area (Å²) in [5.41, 5.74) is 5.32. The van der Waals surface area contributed by atoms with Crippen LogP contribution in [0.5, 0.6) is 5.75 Å². The molecular weight excluding hydrogens is 528 g/mol. The van der Waals surface area contributed by atoms with Gasteiger partial charge in [0.15, 0.2) is 5.11 Å². The highest BCUT2D eigenvalue weighted by Crippen LogP contribution is 2.44. The largest absolute Gasteiger partial charge is 0.496 e. The molecule has 40 heavy (non-hydrogen) atoms. The highest BCUT2D eigenvalue weighted by molar-refractivity contribution is 7.80. The summed E-state index contributed by atoms with van der Waals surface area (Å²) in [6.07, 6.45) is 1.74. The lowest BCUT2D eigenvalue weighted by Crippen LogP contribution is -2.29. The van der Waals surface area contributed by atoms with E-state index < -0.39 is 4.92 Å². The van der Waals surface area contributed by atoms with E-state index in [1.54, 1.807) is 18.3 Å². The molecule has 204 valence electrons. The number of anilines is 2. The van der Waals surface area contributed by atoms with Gasteiger partial charge in [-0.1, -0.05) is 6.07 Å². The predicted molar refractivity (Wildman–Crippen MR) is 157 cm³/mol. The Labute approximate surface area is 236 Å². The molecule has 1 aliphatic heterocycles. The number of carbonyl (C=O) groups is 1. The molecule has 0 saturated carbocycles. The zero-order chi connectivity index (χ0) is 28.6. The van der Waals surface area contributed by atoms with Gasteiger partial charge in [0.1, 0.15) is 11.4 Å².